The molecule has 0 spiro atoms. The molecule has 1 atom stereocenters. The fourth-order valence-corrected chi connectivity index (χ4v) is 4.96. The lowest BCUT2D eigenvalue weighted by molar-refractivity contribution is 0.0655. The summed E-state index contributed by atoms with van der Waals surface area (Å²) in [7, 11) is 0. The summed E-state index contributed by atoms with van der Waals surface area (Å²) in [5.74, 6) is 0.383. The number of aromatic nitrogens is 2. The highest BCUT2D eigenvalue weighted by Crippen LogP contribution is 2.30. The predicted molar refractivity (Wildman–Crippen MR) is 150 cm³/mol. The second-order valence-corrected chi connectivity index (χ2v) is 10.0. The summed E-state index contributed by atoms with van der Waals surface area (Å²) in [6.45, 7) is 4.69. The Labute approximate surface area is 224 Å². The van der Waals surface area contributed by atoms with Crippen molar-refractivity contribution < 1.29 is 4.79 Å². The van der Waals surface area contributed by atoms with Crippen molar-refractivity contribution in [3.63, 3.8) is 0 Å². The van der Waals surface area contributed by atoms with E-state index in [1.54, 1.807) is 22.8 Å². The maximum Gasteiger partial charge on any atom is 0.266 e. The van der Waals surface area contributed by atoms with Crippen LogP contribution in [-0.2, 0) is 0 Å². The van der Waals surface area contributed by atoms with Gasteiger partial charge >= 0.3 is 0 Å². The highest BCUT2D eigenvalue weighted by Gasteiger charge is 2.30. The molecule has 0 fully saturated rings. The zero-order valence-electron chi connectivity index (χ0n) is 20.5. The Bertz CT molecular complexity index is 1420. The summed E-state index contributed by atoms with van der Waals surface area (Å²) >= 11 is 9.92. The van der Waals surface area contributed by atoms with E-state index in [-0.39, 0.29) is 11.5 Å². The number of carbonyl (C=O) groups is 1. The van der Waals surface area contributed by atoms with Crippen LogP contribution < -0.4 is 5.56 Å². The molecular formula is C29H29BrClN3O2. The normalized spacial score (nSPS) is 12.0. The number of benzene rings is 3. The number of carbonyl (C=O) groups excluding carboxylic acids is 1. The molecule has 4 rings (SSSR count). The van der Waals surface area contributed by atoms with Gasteiger partial charge < -0.3 is 4.90 Å². The van der Waals surface area contributed by atoms with Crippen molar-refractivity contribution in [2.75, 3.05) is 6.54 Å². The zero-order valence-corrected chi connectivity index (χ0v) is 22.8. The van der Waals surface area contributed by atoms with Crippen molar-refractivity contribution in [2.24, 2.45) is 0 Å². The first-order chi connectivity index (χ1) is 17.5. The van der Waals surface area contributed by atoms with Crippen LogP contribution in [-0.4, -0.2) is 26.9 Å². The van der Waals surface area contributed by atoms with Gasteiger partial charge in [0.2, 0.25) is 0 Å². The van der Waals surface area contributed by atoms with Gasteiger partial charge in [-0.2, -0.15) is 0 Å². The van der Waals surface area contributed by atoms with Crippen molar-refractivity contribution in [1.29, 1.82) is 0 Å². The summed E-state index contributed by atoms with van der Waals surface area (Å²) < 4.78 is 2.56. The molecule has 5 nitrogen and oxygen atoms in total. The molecule has 0 saturated heterocycles. The van der Waals surface area contributed by atoms with Crippen molar-refractivity contribution in [1.82, 2.24) is 14.5 Å². The van der Waals surface area contributed by atoms with E-state index in [1.807, 2.05) is 66.4 Å². The zero-order chi connectivity index (χ0) is 25.7. The Balaban J connectivity index is 1.93. The van der Waals surface area contributed by atoms with Crippen LogP contribution in [0.2, 0.25) is 5.02 Å². The first kappa shape index (κ1) is 26.1. The molecule has 0 aliphatic heterocycles. The molecule has 0 radical (unpaired) electrons. The van der Waals surface area contributed by atoms with Gasteiger partial charge in [0, 0.05) is 11.0 Å². The summed E-state index contributed by atoms with van der Waals surface area (Å²) in [5, 5.41) is 0.948. The maximum atomic E-state index is 13.9. The molecule has 3 aromatic carbocycles. The molecule has 4 aromatic rings. The number of fused-ring (bicyclic) bond motifs is 1. The molecule has 7 heteroatoms. The summed E-state index contributed by atoms with van der Waals surface area (Å²) in [5.41, 5.74) is 1.61. The highest BCUT2D eigenvalue weighted by atomic mass is 79.9. The number of halogens is 2. The lowest BCUT2D eigenvalue weighted by Crippen LogP contribution is -2.39. The smallest absolute Gasteiger partial charge is 0.266 e. The van der Waals surface area contributed by atoms with Crippen LogP contribution in [0, 0.1) is 0 Å². The Kier molecular flexibility index (Phi) is 8.60. The van der Waals surface area contributed by atoms with Crippen LogP contribution in [0.1, 0.15) is 61.8 Å². The monoisotopic (exact) mass is 565 g/mol. The lowest BCUT2D eigenvalue weighted by atomic mass is 10.1. The fraction of sp³-hybridized carbons (Fsp3) is 0.276. The van der Waals surface area contributed by atoms with E-state index in [0.717, 1.165) is 23.7 Å². The molecule has 36 heavy (non-hydrogen) atoms. The van der Waals surface area contributed by atoms with E-state index in [9.17, 15) is 9.59 Å². The van der Waals surface area contributed by atoms with Gasteiger partial charge in [-0.15, -0.1) is 0 Å². The van der Waals surface area contributed by atoms with Gasteiger partial charge in [0.05, 0.1) is 33.2 Å². The molecule has 0 aliphatic rings. The third-order valence-corrected chi connectivity index (χ3v) is 7.17. The number of rotatable bonds is 9. The van der Waals surface area contributed by atoms with Crippen LogP contribution >= 0.6 is 27.5 Å². The molecule has 1 unspecified atom stereocenters. The minimum absolute atomic E-state index is 0.157. The predicted octanol–water partition coefficient (Wildman–Crippen LogP) is 7.59. The van der Waals surface area contributed by atoms with Gasteiger partial charge in [-0.3, -0.25) is 14.2 Å². The number of hydrogen-bond donors (Lipinski definition) is 0. The molecule has 1 amide bonds. The molecule has 186 valence electrons. The minimum Gasteiger partial charge on any atom is -0.328 e. The summed E-state index contributed by atoms with van der Waals surface area (Å²) in [4.78, 5) is 34.5. The Morgan fingerprint density at radius 3 is 2.39 bits per heavy atom. The number of amides is 1. The van der Waals surface area contributed by atoms with Gasteiger partial charge in [-0.25, -0.2) is 4.98 Å². The Morgan fingerprint density at radius 2 is 1.69 bits per heavy atom. The molecular weight excluding hydrogens is 538 g/mol. The van der Waals surface area contributed by atoms with E-state index in [1.165, 1.54) is 0 Å². The number of nitrogens with zero attached hydrogens (tertiary/aromatic N) is 3. The fourth-order valence-electron chi connectivity index (χ4n) is 4.48. The number of hydrogen-bond acceptors (Lipinski definition) is 3. The van der Waals surface area contributed by atoms with Gasteiger partial charge in [0.1, 0.15) is 5.82 Å². The molecule has 0 bridgehead atoms. The minimum atomic E-state index is -0.424. The molecule has 0 saturated carbocycles. The van der Waals surface area contributed by atoms with Crippen molar-refractivity contribution in [3.8, 4) is 5.69 Å². The molecule has 1 aromatic heterocycles. The average molecular weight is 567 g/mol. The second-order valence-electron chi connectivity index (χ2n) is 8.71. The second kappa shape index (κ2) is 11.8. The summed E-state index contributed by atoms with van der Waals surface area (Å²) in [6, 6.07) is 21.6. The third kappa shape index (κ3) is 5.40. The van der Waals surface area contributed by atoms with E-state index in [4.69, 9.17) is 16.6 Å². The lowest BCUT2D eigenvalue weighted by Gasteiger charge is -2.33. The van der Waals surface area contributed by atoms with Crippen LogP contribution in [0.15, 0.2) is 82.1 Å². The van der Waals surface area contributed by atoms with E-state index >= 15 is 0 Å². The van der Waals surface area contributed by atoms with Gasteiger partial charge in [-0.1, -0.05) is 78.5 Å². The van der Waals surface area contributed by atoms with Gasteiger partial charge in [-0.05, 0) is 61.4 Å². The molecule has 1 heterocycles. The van der Waals surface area contributed by atoms with Gasteiger partial charge in [0.15, 0.2) is 0 Å². The van der Waals surface area contributed by atoms with Crippen molar-refractivity contribution >= 4 is 44.3 Å². The van der Waals surface area contributed by atoms with Gasteiger partial charge in [0.25, 0.3) is 11.5 Å². The van der Waals surface area contributed by atoms with Crippen molar-refractivity contribution in [2.45, 2.75) is 45.6 Å². The number of unbranched alkanes of at least 4 members (excludes halogenated alkanes) is 2. The SMILES string of the molecule is CCCCCN(C(=O)c1ccccc1Cl)C(CC)c1nc2ccccc2c(=O)n1-c1ccc(Br)cc1. The molecule has 0 aliphatic carbocycles. The highest BCUT2D eigenvalue weighted by molar-refractivity contribution is 9.10. The van der Waals surface area contributed by atoms with E-state index < -0.39 is 6.04 Å². The maximum absolute atomic E-state index is 13.9. The van der Waals surface area contributed by atoms with Crippen LogP contribution in [0.3, 0.4) is 0 Å². The third-order valence-electron chi connectivity index (χ3n) is 6.32. The van der Waals surface area contributed by atoms with E-state index in [2.05, 4.69) is 22.9 Å². The van der Waals surface area contributed by atoms with Crippen LogP contribution in [0.5, 0.6) is 0 Å². The van der Waals surface area contributed by atoms with Crippen LogP contribution in [0.25, 0.3) is 16.6 Å². The standard InChI is InChI=1S/C29H29BrClN3O2/c1-3-5-10-19-33(28(35)22-11-6-8-13-24(22)31)26(4-2)27-32-25-14-9-7-12-23(25)29(36)34(27)21-17-15-20(30)16-18-21/h6-9,11-18,26H,3-5,10,19H2,1-2H3. The first-order valence-corrected chi connectivity index (χ1v) is 13.5. The quantitative estimate of drug-likeness (QED) is 0.196. The average Bonchev–Trinajstić information content (AvgIpc) is 2.89. The van der Waals surface area contributed by atoms with Crippen molar-refractivity contribution in [3.05, 3.63) is 104 Å². The Hall–Kier alpha value is -2.96. The molecule has 0 N–H and O–H groups in total. The Morgan fingerprint density at radius 1 is 1.00 bits per heavy atom. The first-order valence-electron chi connectivity index (χ1n) is 12.3. The van der Waals surface area contributed by atoms with E-state index in [0.29, 0.717) is 46.0 Å². The largest absolute Gasteiger partial charge is 0.328 e. The topological polar surface area (TPSA) is 55.2 Å². The van der Waals surface area contributed by atoms with Crippen LogP contribution in [0.4, 0.5) is 0 Å². The summed E-state index contributed by atoms with van der Waals surface area (Å²) in [6.07, 6.45) is 3.46. The number of para-hydroxylation sites is 1.